The van der Waals surface area contributed by atoms with Crippen LogP contribution in [-0.4, -0.2) is 25.7 Å². The number of rotatable bonds is 7. The fourth-order valence-electron chi connectivity index (χ4n) is 1.21. The molecule has 0 fully saturated rings. The zero-order valence-electron chi connectivity index (χ0n) is 9.62. The second-order valence-corrected chi connectivity index (χ2v) is 3.45. The summed E-state index contributed by atoms with van der Waals surface area (Å²) in [4.78, 5) is 11.5. The smallest absolute Gasteiger partial charge is 0.251 e. The Morgan fingerprint density at radius 3 is 2.71 bits per heavy atom. The Kier molecular flexibility index (Phi) is 5.96. The van der Waals surface area contributed by atoms with Crippen molar-refractivity contribution in [1.29, 1.82) is 0 Å². The Bertz CT molecular complexity index is 362. The molecule has 0 unspecified atom stereocenters. The van der Waals surface area contributed by atoms with Gasteiger partial charge in [0.05, 0.1) is 13.2 Å². The summed E-state index contributed by atoms with van der Waals surface area (Å²) in [5, 5.41) is 2.68. The van der Waals surface area contributed by atoms with Gasteiger partial charge in [0.15, 0.2) is 0 Å². The lowest BCUT2D eigenvalue weighted by atomic mass is 10.2. The van der Waals surface area contributed by atoms with Crippen molar-refractivity contribution in [1.82, 2.24) is 5.32 Å². The quantitative estimate of drug-likeness (QED) is 0.583. The molecule has 0 aliphatic carbocycles. The highest BCUT2D eigenvalue weighted by molar-refractivity contribution is 5.94. The van der Waals surface area contributed by atoms with Gasteiger partial charge in [-0.15, -0.1) is 6.58 Å². The van der Waals surface area contributed by atoms with Crippen LogP contribution in [0.5, 0.6) is 0 Å². The van der Waals surface area contributed by atoms with Crippen molar-refractivity contribution in [3.05, 3.63) is 48.3 Å². The lowest BCUT2D eigenvalue weighted by Gasteiger charge is -2.05. The summed E-state index contributed by atoms with van der Waals surface area (Å²) in [5.74, 6) is -0.577. The third-order valence-corrected chi connectivity index (χ3v) is 2.10. The molecule has 1 amide bonds. The molecule has 0 aliphatic rings. The molecule has 92 valence electrons. The van der Waals surface area contributed by atoms with Gasteiger partial charge in [0, 0.05) is 12.1 Å². The van der Waals surface area contributed by atoms with Crippen LogP contribution in [0.15, 0.2) is 36.9 Å². The largest absolute Gasteiger partial charge is 0.379 e. The second-order valence-electron chi connectivity index (χ2n) is 3.45. The predicted molar refractivity (Wildman–Crippen MR) is 64.4 cm³/mol. The average molecular weight is 237 g/mol. The maximum atomic E-state index is 12.6. The molecule has 3 nitrogen and oxygen atoms in total. The van der Waals surface area contributed by atoms with E-state index in [4.69, 9.17) is 4.74 Å². The number of benzene rings is 1. The summed E-state index contributed by atoms with van der Waals surface area (Å²) >= 11 is 0. The molecule has 0 aliphatic heterocycles. The van der Waals surface area contributed by atoms with Crippen LogP contribution < -0.4 is 5.32 Å². The SMILES string of the molecule is C=CCCOCCNC(=O)c1ccc(F)cc1. The van der Waals surface area contributed by atoms with Crippen molar-refractivity contribution in [2.24, 2.45) is 0 Å². The van der Waals surface area contributed by atoms with Crippen molar-refractivity contribution >= 4 is 5.91 Å². The van der Waals surface area contributed by atoms with E-state index in [2.05, 4.69) is 11.9 Å². The second kappa shape index (κ2) is 7.57. The molecule has 1 aromatic rings. The lowest BCUT2D eigenvalue weighted by molar-refractivity contribution is 0.0918. The summed E-state index contributed by atoms with van der Waals surface area (Å²) in [7, 11) is 0. The van der Waals surface area contributed by atoms with E-state index < -0.39 is 0 Å². The first-order valence-electron chi connectivity index (χ1n) is 5.46. The number of ether oxygens (including phenoxy) is 1. The van der Waals surface area contributed by atoms with Gasteiger partial charge in [0.2, 0.25) is 0 Å². The molecule has 0 radical (unpaired) electrons. The number of hydrogen-bond acceptors (Lipinski definition) is 2. The number of nitrogens with one attached hydrogen (secondary N) is 1. The molecule has 0 spiro atoms. The van der Waals surface area contributed by atoms with Crippen LogP contribution in [0.4, 0.5) is 4.39 Å². The third-order valence-electron chi connectivity index (χ3n) is 2.10. The van der Waals surface area contributed by atoms with Crippen molar-refractivity contribution in [2.45, 2.75) is 6.42 Å². The average Bonchev–Trinajstić information content (AvgIpc) is 2.34. The summed E-state index contributed by atoms with van der Waals surface area (Å²) in [6, 6.07) is 5.41. The van der Waals surface area contributed by atoms with Crippen LogP contribution in [-0.2, 0) is 4.74 Å². The topological polar surface area (TPSA) is 38.3 Å². The zero-order valence-corrected chi connectivity index (χ0v) is 9.62. The molecule has 0 saturated heterocycles. The van der Waals surface area contributed by atoms with Crippen molar-refractivity contribution in [3.63, 3.8) is 0 Å². The van der Waals surface area contributed by atoms with Gasteiger partial charge in [0.1, 0.15) is 5.82 Å². The van der Waals surface area contributed by atoms with Crippen LogP contribution in [0.3, 0.4) is 0 Å². The number of carbonyl (C=O) groups excluding carboxylic acids is 1. The molecule has 1 N–H and O–H groups in total. The summed E-state index contributed by atoms with van der Waals surface area (Å²) in [6.45, 7) is 5.08. The van der Waals surface area contributed by atoms with E-state index in [1.807, 2.05) is 0 Å². The van der Waals surface area contributed by atoms with Gasteiger partial charge in [-0.1, -0.05) is 6.08 Å². The molecule has 0 saturated carbocycles. The van der Waals surface area contributed by atoms with E-state index in [0.29, 0.717) is 25.3 Å². The Morgan fingerprint density at radius 1 is 1.35 bits per heavy atom. The molecule has 0 heterocycles. The Hall–Kier alpha value is -1.68. The molecule has 0 aromatic heterocycles. The van der Waals surface area contributed by atoms with E-state index in [1.54, 1.807) is 6.08 Å². The van der Waals surface area contributed by atoms with E-state index >= 15 is 0 Å². The number of halogens is 1. The number of carbonyl (C=O) groups is 1. The Balaban J connectivity index is 2.21. The first-order chi connectivity index (χ1) is 8.24. The van der Waals surface area contributed by atoms with E-state index in [-0.39, 0.29) is 11.7 Å². The predicted octanol–water partition coefficient (Wildman–Crippen LogP) is 2.15. The van der Waals surface area contributed by atoms with Gasteiger partial charge < -0.3 is 10.1 Å². The van der Waals surface area contributed by atoms with Crippen LogP contribution in [0.1, 0.15) is 16.8 Å². The Morgan fingerprint density at radius 2 is 2.06 bits per heavy atom. The molecule has 4 heteroatoms. The number of hydrogen-bond donors (Lipinski definition) is 1. The third kappa shape index (κ3) is 5.26. The maximum absolute atomic E-state index is 12.6. The minimum atomic E-state index is -0.352. The minimum absolute atomic E-state index is 0.225. The monoisotopic (exact) mass is 237 g/mol. The normalized spacial score (nSPS) is 9.94. The van der Waals surface area contributed by atoms with Crippen LogP contribution in [0.2, 0.25) is 0 Å². The first-order valence-corrected chi connectivity index (χ1v) is 5.46. The highest BCUT2D eigenvalue weighted by atomic mass is 19.1. The van der Waals surface area contributed by atoms with Gasteiger partial charge >= 0.3 is 0 Å². The van der Waals surface area contributed by atoms with Gasteiger partial charge in [-0.25, -0.2) is 4.39 Å². The van der Waals surface area contributed by atoms with E-state index in [9.17, 15) is 9.18 Å². The van der Waals surface area contributed by atoms with Gasteiger partial charge in [-0.2, -0.15) is 0 Å². The molecular formula is C13H16FNO2. The number of amides is 1. The highest BCUT2D eigenvalue weighted by Gasteiger charge is 2.03. The fourth-order valence-corrected chi connectivity index (χ4v) is 1.21. The van der Waals surface area contributed by atoms with E-state index in [0.717, 1.165) is 6.42 Å². The van der Waals surface area contributed by atoms with Crippen molar-refractivity contribution in [2.75, 3.05) is 19.8 Å². The fraction of sp³-hybridized carbons (Fsp3) is 0.308. The molecule has 1 aromatic carbocycles. The Labute approximate surface area is 100 Å². The lowest BCUT2D eigenvalue weighted by Crippen LogP contribution is -2.27. The first kappa shape index (κ1) is 13.4. The molecule has 17 heavy (non-hydrogen) atoms. The van der Waals surface area contributed by atoms with Crippen molar-refractivity contribution in [3.8, 4) is 0 Å². The summed E-state index contributed by atoms with van der Waals surface area (Å²) in [5.41, 5.74) is 0.442. The van der Waals surface area contributed by atoms with Crippen molar-refractivity contribution < 1.29 is 13.9 Å². The van der Waals surface area contributed by atoms with Crippen LogP contribution in [0.25, 0.3) is 0 Å². The molecular weight excluding hydrogens is 221 g/mol. The van der Waals surface area contributed by atoms with Gasteiger partial charge in [-0.3, -0.25) is 4.79 Å². The molecule has 0 atom stereocenters. The van der Waals surface area contributed by atoms with Gasteiger partial charge in [0.25, 0.3) is 5.91 Å². The maximum Gasteiger partial charge on any atom is 0.251 e. The summed E-state index contributed by atoms with van der Waals surface area (Å²) in [6.07, 6.45) is 2.57. The minimum Gasteiger partial charge on any atom is -0.379 e. The molecule has 0 bridgehead atoms. The zero-order chi connectivity index (χ0) is 12.5. The standard InChI is InChI=1S/C13H16FNO2/c1-2-3-9-17-10-8-15-13(16)11-4-6-12(14)7-5-11/h2,4-7H,1,3,8-10H2,(H,15,16). The van der Waals surface area contributed by atoms with Crippen LogP contribution >= 0.6 is 0 Å². The van der Waals surface area contributed by atoms with E-state index in [1.165, 1.54) is 24.3 Å². The van der Waals surface area contributed by atoms with Gasteiger partial charge in [-0.05, 0) is 30.7 Å². The molecule has 1 rings (SSSR count). The van der Waals surface area contributed by atoms with Crippen LogP contribution in [0, 0.1) is 5.82 Å². The highest BCUT2D eigenvalue weighted by Crippen LogP contribution is 2.01. The summed E-state index contributed by atoms with van der Waals surface area (Å²) < 4.78 is 17.8.